The summed E-state index contributed by atoms with van der Waals surface area (Å²) in [6, 6.07) is 13.3. The third-order valence-corrected chi connectivity index (χ3v) is 5.52. The van der Waals surface area contributed by atoms with Gasteiger partial charge in [-0.1, -0.05) is 60.2 Å². The van der Waals surface area contributed by atoms with Gasteiger partial charge in [-0.15, -0.1) is 0 Å². The monoisotopic (exact) mass is 393 g/mol. The Morgan fingerprint density at radius 1 is 1.14 bits per heavy atom. The Hall–Kier alpha value is -2.82. The van der Waals surface area contributed by atoms with Gasteiger partial charge >= 0.3 is 0 Å². The van der Waals surface area contributed by atoms with Crippen LogP contribution >= 0.6 is 11.6 Å². The topological polar surface area (TPSA) is 58.6 Å². The number of aliphatic hydroxyl groups is 1. The van der Waals surface area contributed by atoms with Gasteiger partial charge in [0.25, 0.3) is 5.91 Å². The number of fused-ring (bicyclic) bond motifs is 1. The van der Waals surface area contributed by atoms with E-state index in [-0.39, 0.29) is 0 Å². The predicted octanol–water partition coefficient (Wildman–Crippen LogP) is 4.78. The summed E-state index contributed by atoms with van der Waals surface area (Å²) < 4.78 is 5.87. The number of carbonyl (C=O) groups is 1. The molecule has 28 heavy (non-hydrogen) atoms. The molecule has 2 N–H and O–H groups in total. The van der Waals surface area contributed by atoms with Crippen LogP contribution in [-0.4, -0.2) is 11.0 Å². The van der Waals surface area contributed by atoms with E-state index in [2.05, 4.69) is 5.32 Å². The normalized spacial score (nSPS) is 20.8. The van der Waals surface area contributed by atoms with E-state index in [1.165, 1.54) is 0 Å². The molecule has 5 heteroatoms. The molecule has 0 saturated carbocycles. The van der Waals surface area contributed by atoms with Gasteiger partial charge in [-0.25, -0.2) is 0 Å². The van der Waals surface area contributed by atoms with Crippen molar-refractivity contribution in [1.82, 2.24) is 0 Å². The van der Waals surface area contributed by atoms with Crippen LogP contribution in [0.1, 0.15) is 23.1 Å². The largest absolute Gasteiger partial charge is 0.489 e. The number of ether oxygens (including phenoxy) is 1. The maximum atomic E-state index is 12.7. The molecule has 0 radical (unpaired) electrons. The summed E-state index contributed by atoms with van der Waals surface area (Å²) in [4.78, 5) is 12.7. The highest BCUT2D eigenvalue weighted by atomic mass is 35.5. The van der Waals surface area contributed by atoms with Gasteiger partial charge in [-0.2, -0.15) is 0 Å². The van der Waals surface area contributed by atoms with Crippen molar-refractivity contribution in [1.29, 1.82) is 0 Å². The Kier molecular flexibility index (Phi) is 4.84. The second-order valence-electron chi connectivity index (χ2n) is 6.87. The SMILES string of the molecule is Cc1c(Cl)ccc2c1NC(=O)C2(O)C1=CCC=C(OCc2ccccc2)C=C1. The van der Waals surface area contributed by atoms with Gasteiger partial charge in [-0.3, -0.25) is 4.79 Å². The van der Waals surface area contributed by atoms with Crippen molar-refractivity contribution in [3.63, 3.8) is 0 Å². The molecule has 142 valence electrons. The molecule has 4 nitrogen and oxygen atoms in total. The molecule has 0 aromatic heterocycles. The molecule has 0 fully saturated rings. The fourth-order valence-electron chi connectivity index (χ4n) is 3.49. The molecular weight excluding hydrogens is 374 g/mol. The van der Waals surface area contributed by atoms with E-state index in [1.54, 1.807) is 24.3 Å². The minimum atomic E-state index is -1.75. The Morgan fingerprint density at radius 2 is 1.93 bits per heavy atom. The average molecular weight is 394 g/mol. The van der Waals surface area contributed by atoms with Crippen LogP contribution in [0.15, 0.2) is 78.1 Å². The van der Waals surface area contributed by atoms with Gasteiger partial charge in [0.2, 0.25) is 0 Å². The first-order chi connectivity index (χ1) is 13.5. The summed E-state index contributed by atoms with van der Waals surface area (Å²) in [5.74, 6) is 0.224. The lowest BCUT2D eigenvalue weighted by Crippen LogP contribution is -2.35. The lowest BCUT2D eigenvalue weighted by Gasteiger charge is -2.22. The summed E-state index contributed by atoms with van der Waals surface area (Å²) in [6.45, 7) is 2.28. The first-order valence-electron chi connectivity index (χ1n) is 9.09. The number of allylic oxidation sites excluding steroid dienone is 3. The highest BCUT2D eigenvalue weighted by Crippen LogP contribution is 2.45. The van der Waals surface area contributed by atoms with Crippen molar-refractivity contribution in [2.45, 2.75) is 25.6 Å². The van der Waals surface area contributed by atoms with E-state index >= 15 is 0 Å². The molecule has 2 aromatic carbocycles. The standard InChI is InChI=1S/C23H20ClNO3/c1-15-20(24)13-12-19-21(15)25-22(26)23(19,27)17-8-5-9-18(11-10-17)28-14-16-6-3-2-4-7-16/h2-4,6-13,27H,5,14H2,1H3,(H,25,26). The molecule has 4 rings (SSSR count). The number of nitrogens with one attached hydrogen (secondary N) is 1. The lowest BCUT2D eigenvalue weighted by atomic mass is 9.86. The van der Waals surface area contributed by atoms with Crippen LogP contribution in [0.3, 0.4) is 0 Å². The van der Waals surface area contributed by atoms with Crippen molar-refractivity contribution in [3.05, 3.63) is 99.8 Å². The zero-order valence-electron chi connectivity index (χ0n) is 15.4. The minimum Gasteiger partial charge on any atom is -0.489 e. The number of anilines is 1. The summed E-state index contributed by atoms with van der Waals surface area (Å²) in [7, 11) is 0. The fourth-order valence-corrected chi connectivity index (χ4v) is 3.65. The number of halogens is 1. The van der Waals surface area contributed by atoms with E-state index in [1.807, 2.05) is 49.4 Å². The van der Waals surface area contributed by atoms with Crippen molar-refractivity contribution < 1.29 is 14.6 Å². The van der Waals surface area contributed by atoms with Gasteiger partial charge in [0.05, 0.1) is 5.69 Å². The van der Waals surface area contributed by atoms with E-state index < -0.39 is 11.5 Å². The smallest absolute Gasteiger partial charge is 0.265 e. The van der Waals surface area contributed by atoms with Crippen LogP contribution in [0, 0.1) is 6.92 Å². The first-order valence-corrected chi connectivity index (χ1v) is 9.47. The molecule has 1 aliphatic carbocycles. The van der Waals surface area contributed by atoms with Crippen LogP contribution in [0.4, 0.5) is 5.69 Å². The number of hydrogen-bond acceptors (Lipinski definition) is 3. The lowest BCUT2D eigenvalue weighted by molar-refractivity contribution is -0.129. The molecule has 1 heterocycles. The minimum absolute atomic E-state index is 0.456. The van der Waals surface area contributed by atoms with E-state index in [0.717, 1.165) is 11.1 Å². The first kappa shape index (κ1) is 18.5. The van der Waals surface area contributed by atoms with Gasteiger partial charge in [0.1, 0.15) is 12.4 Å². The molecule has 0 saturated heterocycles. The predicted molar refractivity (Wildman–Crippen MR) is 110 cm³/mol. The molecule has 2 aliphatic rings. The maximum absolute atomic E-state index is 12.7. The summed E-state index contributed by atoms with van der Waals surface area (Å²) in [5.41, 5.74) is 1.68. The van der Waals surface area contributed by atoms with Gasteiger partial charge in [0.15, 0.2) is 5.60 Å². The van der Waals surface area contributed by atoms with Crippen LogP contribution in [0.5, 0.6) is 0 Å². The fraction of sp³-hybridized carbons (Fsp3) is 0.174. The number of carbonyl (C=O) groups excluding carboxylic acids is 1. The Morgan fingerprint density at radius 3 is 2.71 bits per heavy atom. The molecular formula is C23H20ClNO3. The van der Waals surface area contributed by atoms with Gasteiger partial charge < -0.3 is 15.2 Å². The molecule has 1 amide bonds. The number of rotatable bonds is 4. The molecule has 1 atom stereocenters. The molecule has 2 aromatic rings. The highest BCUT2D eigenvalue weighted by molar-refractivity contribution is 6.32. The third-order valence-electron chi connectivity index (χ3n) is 5.11. The van der Waals surface area contributed by atoms with Crippen LogP contribution in [0.2, 0.25) is 5.02 Å². The third kappa shape index (κ3) is 3.15. The van der Waals surface area contributed by atoms with Gasteiger partial charge in [0, 0.05) is 10.6 Å². The second-order valence-corrected chi connectivity index (χ2v) is 7.28. The Balaban J connectivity index is 1.57. The number of amides is 1. The molecule has 1 unspecified atom stereocenters. The summed E-state index contributed by atoms with van der Waals surface area (Å²) >= 11 is 6.16. The Bertz CT molecular complexity index is 1020. The zero-order chi connectivity index (χ0) is 19.7. The van der Waals surface area contributed by atoms with E-state index in [0.29, 0.717) is 40.6 Å². The van der Waals surface area contributed by atoms with Crippen molar-refractivity contribution in [2.24, 2.45) is 0 Å². The number of benzene rings is 2. The van der Waals surface area contributed by atoms with Crippen LogP contribution in [-0.2, 0) is 21.7 Å². The van der Waals surface area contributed by atoms with Crippen molar-refractivity contribution in [2.75, 3.05) is 5.32 Å². The Labute approximate surface area is 168 Å². The second kappa shape index (κ2) is 7.30. The van der Waals surface area contributed by atoms with Crippen molar-refractivity contribution in [3.8, 4) is 0 Å². The average Bonchev–Trinajstić information content (AvgIpc) is 2.86. The molecule has 1 aliphatic heterocycles. The quantitative estimate of drug-likeness (QED) is 0.786. The zero-order valence-corrected chi connectivity index (χ0v) is 16.2. The molecule has 0 bridgehead atoms. The number of hydrogen-bond donors (Lipinski definition) is 2. The van der Waals surface area contributed by atoms with E-state index in [4.69, 9.17) is 16.3 Å². The highest BCUT2D eigenvalue weighted by Gasteiger charge is 2.48. The molecule has 0 spiro atoms. The van der Waals surface area contributed by atoms with Gasteiger partial charge in [-0.05, 0) is 48.3 Å². The van der Waals surface area contributed by atoms with Crippen LogP contribution < -0.4 is 5.32 Å². The summed E-state index contributed by atoms with van der Waals surface area (Å²) in [5, 5.41) is 14.7. The maximum Gasteiger partial charge on any atom is 0.265 e. The summed E-state index contributed by atoms with van der Waals surface area (Å²) in [6.07, 6.45) is 7.84. The van der Waals surface area contributed by atoms with E-state index in [9.17, 15) is 9.90 Å². The van der Waals surface area contributed by atoms with Crippen molar-refractivity contribution >= 4 is 23.2 Å². The van der Waals surface area contributed by atoms with Crippen LogP contribution in [0.25, 0.3) is 0 Å².